The summed E-state index contributed by atoms with van der Waals surface area (Å²) in [5, 5.41) is 14.4. The van der Waals surface area contributed by atoms with E-state index in [1.807, 2.05) is 24.3 Å². The highest BCUT2D eigenvalue weighted by atomic mass is 19.4. The van der Waals surface area contributed by atoms with Crippen molar-refractivity contribution >= 4 is 6.09 Å². The average Bonchev–Trinajstić information content (AvgIpc) is 3.52. The van der Waals surface area contributed by atoms with E-state index in [-0.39, 0.29) is 42.2 Å². The zero-order valence-corrected chi connectivity index (χ0v) is 23.3. The maximum absolute atomic E-state index is 14.1. The Labute approximate surface area is 232 Å². The fraction of sp³-hybridized carbons (Fsp3) is 0.500. The zero-order valence-electron chi connectivity index (χ0n) is 23.3. The van der Waals surface area contributed by atoms with E-state index >= 15 is 0 Å². The molecule has 7 nitrogen and oxygen atoms in total. The predicted molar refractivity (Wildman–Crippen MR) is 144 cm³/mol. The number of benzene rings is 2. The van der Waals surface area contributed by atoms with Gasteiger partial charge in [-0.15, -0.1) is 0 Å². The SMILES string of the molecule is CCCCc1ccc(CCc2ccc(-c3noc([C@@H]4[C@@H](O)CCN4C(=O)OC(C)(C)C)n3)cc2C(F)(F)F)cc1. The van der Waals surface area contributed by atoms with Crippen molar-refractivity contribution in [3.05, 3.63) is 70.6 Å². The van der Waals surface area contributed by atoms with Crippen LogP contribution in [0, 0.1) is 0 Å². The van der Waals surface area contributed by atoms with Crippen LogP contribution in [0.4, 0.5) is 18.0 Å². The summed E-state index contributed by atoms with van der Waals surface area (Å²) in [5.41, 5.74) is 1.00. The number of alkyl halides is 3. The van der Waals surface area contributed by atoms with Gasteiger partial charge in [-0.25, -0.2) is 4.79 Å². The van der Waals surface area contributed by atoms with Crippen LogP contribution in [0.2, 0.25) is 0 Å². The summed E-state index contributed by atoms with van der Waals surface area (Å²) in [5.74, 6) is -0.121. The number of aromatic nitrogens is 2. The second-order valence-electron chi connectivity index (χ2n) is 11.2. The van der Waals surface area contributed by atoms with Gasteiger partial charge in [-0.05, 0) is 75.6 Å². The van der Waals surface area contributed by atoms with Crippen LogP contribution < -0.4 is 0 Å². The second-order valence-corrected chi connectivity index (χ2v) is 11.2. The van der Waals surface area contributed by atoms with Crippen molar-refractivity contribution in [1.29, 1.82) is 0 Å². The van der Waals surface area contributed by atoms with E-state index in [2.05, 4.69) is 17.1 Å². The Balaban J connectivity index is 1.53. The first-order valence-electron chi connectivity index (χ1n) is 13.7. The Morgan fingerprint density at radius 2 is 1.75 bits per heavy atom. The summed E-state index contributed by atoms with van der Waals surface area (Å²) in [6.45, 7) is 7.53. The number of ether oxygens (including phenoxy) is 1. The third-order valence-electron chi connectivity index (χ3n) is 6.89. The number of nitrogens with zero attached hydrogens (tertiary/aromatic N) is 3. The molecule has 216 valence electrons. The van der Waals surface area contributed by atoms with Gasteiger partial charge < -0.3 is 14.4 Å². The highest BCUT2D eigenvalue weighted by Gasteiger charge is 2.43. The number of unbranched alkanes of at least 4 members (excludes halogenated alkanes) is 1. The molecule has 1 aliphatic rings. The normalized spacial score (nSPS) is 17.9. The third-order valence-corrected chi connectivity index (χ3v) is 6.89. The number of rotatable bonds is 8. The average molecular weight is 560 g/mol. The first kappa shape index (κ1) is 29.6. The Kier molecular flexibility index (Phi) is 8.87. The number of carbonyl (C=O) groups excluding carboxylic acids is 1. The van der Waals surface area contributed by atoms with Crippen molar-refractivity contribution in [3.8, 4) is 11.4 Å². The molecule has 0 bridgehead atoms. The number of hydrogen-bond donors (Lipinski definition) is 1. The Bertz CT molecular complexity index is 1300. The Hall–Kier alpha value is -3.40. The van der Waals surface area contributed by atoms with E-state index in [0.717, 1.165) is 30.9 Å². The minimum atomic E-state index is -4.57. The number of amides is 1. The van der Waals surface area contributed by atoms with E-state index in [9.17, 15) is 23.1 Å². The standard InChI is InChI=1S/C30H36F3N3O4/c1-5-6-7-19-8-10-20(11-9-19)12-13-21-14-15-22(18-23(21)30(31,32)33)26-34-27(40-35-26)25-24(37)16-17-36(25)28(38)39-29(2,3)4/h8-11,14-15,18,24-25,37H,5-7,12-13,16-17H2,1-4H3/t24-,25-/m0/s1. The number of carbonyl (C=O) groups is 1. The largest absolute Gasteiger partial charge is 0.444 e. The van der Waals surface area contributed by atoms with Gasteiger partial charge in [-0.2, -0.15) is 18.2 Å². The summed E-state index contributed by atoms with van der Waals surface area (Å²) >= 11 is 0. The van der Waals surface area contributed by atoms with Crippen molar-refractivity contribution in [2.75, 3.05) is 6.54 Å². The van der Waals surface area contributed by atoms with Crippen LogP contribution in [0.1, 0.15) is 81.1 Å². The van der Waals surface area contributed by atoms with Crippen LogP contribution in [0.15, 0.2) is 47.0 Å². The van der Waals surface area contributed by atoms with Gasteiger partial charge in [-0.1, -0.05) is 54.9 Å². The van der Waals surface area contributed by atoms with Gasteiger partial charge in [0.15, 0.2) is 0 Å². The quantitative estimate of drug-likeness (QED) is 0.322. The van der Waals surface area contributed by atoms with Gasteiger partial charge in [0.2, 0.25) is 5.82 Å². The molecule has 0 unspecified atom stereocenters. The first-order valence-corrected chi connectivity index (χ1v) is 13.7. The molecule has 2 atom stereocenters. The van der Waals surface area contributed by atoms with E-state index in [1.54, 1.807) is 20.8 Å². The zero-order chi connectivity index (χ0) is 29.1. The molecule has 1 fully saturated rings. The molecule has 40 heavy (non-hydrogen) atoms. The molecule has 4 rings (SSSR count). The van der Waals surface area contributed by atoms with Gasteiger partial charge in [0.25, 0.3) is 5.89 Å². The molecule has 1 aliphatic heterocycles. The molecule has 0 spiro atoms. The molecule has 1 saturated heterocycles. The molecular formula is C30H36F3N3O4. The van der Waals surface area contributed by atoms with Crippen LogP contribution in [-0.2, 0) is 30.2 Å². The fourth-order valence-electron chi connectivity index (χ4n) is 4.80. The maximum Gasteiger partial charge on any atom is 0.416 e. The number of aliphatic hydroxyl groups excluding tert-OH is 1. The monoisotopic (exact) mass is 559 g/mol. The lowest BCUT2D eigenvalue weighted by Crippen LogP contribution is -2.38. The van der Waals surface area contributed by atoms with Crippen LogP contribution in [0.3, 0.4) is 0 Å². The van der Waals surface area contributed by atoms with Crippen LogP contribution in [0.5, 0.6) is 0 Å². The smallest absolute Gasteiger partial charge is 0.416 e. The molecule has 2 heterocycles. The molecular weight excluding hydrogens is 523 g/mol. The number of halogens is 3. The summed E-state index contributed by atoms with van der Waals surface area (Å²) in [7, 11) is 0. The van der Waals surface area contributed by atoms with Crippen LogP contribution in [0.25, 0.3) is 11.4 Å². The summed E-state index contributed by atoms with van der Waals surface area (Å²) in [6.07, 6.45) is -2.02. The molecule has 3 aromatic rings. The Morgan fingerprint density at radius 3 is 2.38 bits per heavy atom. The third kappa shape index (κ3) is 7.21. The first-order chi connectivity index (χ1) is 18.9. The van der Waals surface area contributed by atoms with E-state index in [0.29, 0.717) is 6.42 Å². The minimum absolute atomic E-state index is 0.0574. The summed E-state index contributed by atoms with van der Waals surface area (Å²) in [4.78, 5) is 18.2. The van der Waals surface area contributed by atoms with Gasteiger partial charge in [0.05, 0.1) is 11.7 Å². The number of likely N-dealkylation sites (tertiary alicyclic amines) is 1. The molecule has 1 aromatic heterocycles. The second kappa shape index (κ2) is 12.0. The maximum atomic E-state index is 14.1. The predicted octanol–water partition coefficient (Wildman–Crippen LogP) is 6.93. The lowest BCUT2D eigenvalue weighted by atomic mass is 9.96. The van der Waals surface area contributed by atoms with Crippen molar-refractivity contribution in [2.45, 2.75) is 90.1 Å². The van der Waals surface area contributed by atoms with E-state index < -0.39 is 35.6 Å². The highest BCUT2D eigenvalue weighted by Crippen LogP contribution is 2.37. The van der Waals surface area contributed by atoms with Gasteiger partial charge in [0.1, 0.15) is 11.6 Å². The summed E-state index contributed by atoms with van der Waals surface area (Å²) < 4.78 is 52.9. The Morgan fingerprint density at radius 1 is 1.07 bits per heavy atom. The van der Waals surface area contributed by atoms with Crippen molar-refractivity contribution in [3.63, 3.8) is 0 Å². The fourth-order valence-corrected chi connectivity index (χ4v) is 4.80. The molecule has 0 radical (unpaired) electrons. The molecule has 0 aliphatic carbocycles. The van der Waals surface area contributed by atoms with Gasteiger partial charge >= 0.3 is 12.3 Å². The lowest BCUT2D eigenvalue weighted by Gasteiger charge is -2.27. The summed E-state index contributed by atoms with van der Waals surface area (Å²) in [6, 6.07) is 11.1. The molecule has 1 N–H and O–H groups in total. The van der Waals surface area contributed by atoms with Crippen LogP contribution in [-0.4, -0.2) is 44.5 Å². The molecule has 1 amide bonds. The van der Waals surface area contributed by atoms with Crippen molar-refractivity contribution in [2.24, 2.45) is 0 Å². The van der Waals surface area contributed by atoms with Crippen LogP contribution >= 0.6 is 0 Å². The van der Waals surface area contributed by atoms with E-state index in [1.165, 1.54) is 22.6 Å². The molecule has 10 heteroatoms. The van der Waals surface area contributed by atoms with Crippen molar-refractivity contribution in [1.82, 2.24) is 15.0 Å². The lowest BCUT2D eigenvalue weighted by molar-refractivity contribution is -0.138. The number of aryl methyl sites for hydroxylation is 3. The topological polar surface area (TPSA) is 88.7 Å². The molecule has 0 saturated carbocycles. The van der Waals surface area contributed by atoms with Crippen molar-refractivity contribution < 1.29 is 32.3 Å². The molecule has 2 aromatic carbocycles. The van der Waals surface area contributed by atoms with Gasteiger partial charge in [0, 0.05) is 12.1 Å². The number of aliphatic hydroxyl groups is 1. The highest BCUT2D eigenvalue weighted by molar-refractivity contribution is 5.69. The van der Waals surface area contributed by atoms with E-state index in [4.69, 9.17) is 9.26 Å². The minimum Gasteiger partial charge on any atom is -0.444 e. The van der Waals surface area contributed by atoms with Gasteiger partial charge in [-0.3, -0.25) is 4.90 Å². The number of hydrogen-bond acceptors (Lipinski definition) is 6.